The van der Waals surface area contributed by atoms with Crippen molar-refractivity contribution in [2.24, 2.45) is 10.2 Å². The van der Waals surface area contributed by atoms with Crippen LogP contribution in [-0.4, -0.2) is 22.0 Å². The Kier molecular flexibility index (Phi) is 6.00. The Balaban J connectivity index is 1.75. The van der Waals surface area contributed by atoms with Crippen molar-refractivity contribution in [2.45, 2.75) is 20.5 Å². The van der Waals surface area contributed by atoms with Gasteiger partial charge in [0.05, 0.1) is 18.0 Å². The van der Waals surface area contributed by atoms with Gasteiger partial charge in [0, 0.05) is 12.7 Å². The van der Waals surface area contributed by atoms with Gasteiger partial charge in [0.2, 0.25) is 0 Å². The summed E-state index contributed by atoms with van der Waals surface area (Å²) in [5, 5.41) is 22.2. The number of aromatic amines is 1. The lowest BCUT2D eigenvalue weighted by Gasteiger charge is -2.06. The molecular weight excluding hydrogens is 404 g/mol. The first-order valence-corrected chi connectivity index (χ1v) is 10.2. The van der Waals surface area contributed by atoms with Gasteiger partial charge in [0.25, 0.3) is 5.56 Å². The van der Waals surface area contributed by atoms with E-state index < -0.39 is 0 Å². The van der Waals surface area contributed by atoms with Gasteiger partial charge in [-0.05, 0) is 48.7 Å². The molecule has 0 spiro atoms. The molecule has 0 aliphatic heterocycles. The van der Waals surface area contributed by atoms with E-state index in [0.717, 1.165) is 16.7 Å². The number of azo groups is 1. The number of aromatic nitrogens is 2. The largest absolute Gasteiger partial charge is 0.505 e. The van der Waals surface area contributed by atoms with Crippen LogP contribution in [0.2, 0.25) is 0 Å². The van der Waals surface area contributed by atoms with Crippen LogP contribution in [0.5, 0.6) is 5.75 Å². The fourth-order valence-electron chi connectivity index (χ4n) is 3.43. The number of benzene rings is 3. The van der Waals surface area contributed by atoms with Crippen molar-refractivity contribution >= 4 is 11.4 Å². The molecule has 0 unspecified atom stereocenters. The highest BCUT2D eigenvalue weighted by molar-refractivity contribution is 5.76. The van der Waals surface area contributed by atoms with Crippen molar-refractivity contribution in [1.29, 1.82) is 0 Å². The van der Waals surface area contributed by atoms with Crippen LogP contribution in [-0.2, 0) is 11.3 Å². The summed E-state index contributed by atoms with van der Waals surface area (Å²) in [6, 6.07) is 20.5. The maximum absolute atomic E-state index is 13.1. The van der Waals surface area contributed by atoms with Crippen molar-refractivity contribution in [2.75, 3.05) is 7.11 Å². The average molecular weight is 428 g/mol. The summed E-state index contributed by atoms with van der Waals surface area (Å²) in [4.78, 5) is 13.1. The first kappa shape index (κ1) is 21.3. The van der Waals surface area contributed by atoms with E-state index in [-0.39, 0.29) is 29.3 Å². The molecule has 0 atom stereocenters. The molecule has 3 aromatic carbocycles. The number of nitrogens with one attached hydrogen (secondary N) is 1. The molecule has 0 aliphatic carbocycles. The number of phenols is 1. The van der Waals surface area contributed by atoms with E-state index in [0.29, 0.717) is 16.9 Å². The zero-order chi connectivity index (χ0) is 22.7. The number of nitrogens with zero attached hydrogens (tertiary/aromatic N) is 3. The van der Waals surface area contributed by atoms with E-state index in [4.69, 9.17) is 4.74 Å². The van der Waals surface area contributed by atoms with E-state index >= 15 is 0 Å². The summed E-state index contributed by atoms with van der Waals surface area (Å²) >= 11 is 0. The summed E-state index contributed by atoms with van der Waals surface area (Å²) < 4.78 is 6.66. The molecule has 0 bridgehead atoms. The van der Waals surface area contributed by atoms with Gasteiger partial charge in [-0.25, -0.2) is 4.68 Å². The number of rotatable bonds is 6. The zero-order valence-electron chi connectivity index (χ0n) is 18.2. The molecule has 0 fully saturated rings. The molecule has 4 rings (SSSR count). The molecule has 1 aromatic heterocycles. The van der Waals surface area contributed by atoms with Gasteiger partial charge in [-0.1, -0.05) is 48.5 Å². The molecule has 0 amide bonds. The van der Waals surface area contributed by atoms with Crippen LogP contribution >= 0.6 is 0 Å². The van der Waals surface area contributed by atoms with Gasteiger partial charge < -0.3 is 9.84 Å². The summed E-state index contributed by atoms with van der Waals surface area (Å²) in [5.74, 6) is 0.000706. The monoisotopic (exact) mass is 428 g/mol. The SMILES string of the molecule is COCc1[nH]n(-c2ccc(C)c(C)c2)c(=O)c1N=Nc1cccc(-c2ccccc2)c1O. The maximum Gasteiger partial charge on any atom is 0.299 e. The van der Waals surface area contributed by atoms with Crippen molar-refractivity contribution < 1.29 is 9.84 Å². The van der Waals surface area contributed by atoms with E-state index in [1.807, 2.05) is 68.4 Å². The minimum Gasteiger partial charge on any atom is -0.505 e. The second-order valence-corrected chi connectivity index (χ2v) is 7.52. The number of para-hydroxylation sites is 1. The summed E-state index contributed by atoms with van der Waals surface area (Å²) in [6.45, 7) is 4.17. The average Bonchev–Trinajstić information content (AvgIpc) is 3.11. The first-order valence-electron chi connectivity index (χ1n) is 10.2. The minimum absolute atomic E-state index is 0.000706. The topological polar surface area (TPSA) is 92.0 Å². The standard InChI is InChI=1S/C25H24N4O3/c1-16-12-13-19(14-17(16)2)29-25(31)23(22(28-29)15-32-3)27-26-21-11-7-10-20(24(21)30)18-8-5-4-6-9-18/h4-14,28,30H,15H2,1-3H3. The van der Waals surface area contributed by atoms with Crippen molar-refractivity contribution in [3.05, 3.63) is 93.9 Å². The molecule has 2 N–H and O–H groups in total. The number of hydrogen-bond acceptors (Lipinski definition) is 5. The van der Waals surface area contributed by atoms with Gasteiger partial charge in [-0.3, -0.25) is 9.89 Å². The van der Waals surface area contributed by atoms with Crippen molar-refractivity contribution in [1.82, 2.24) is 9.78 Å². The molecule has 0 radical (unpaired) electrons. The van der Waals surface area contributed by atoms with E-state index in [9.17, 15) is 9.90 Å². The number of methoxy groups -OCH3 is 1. The first-order chi connectivity index (χ1) is 15.5. The second-order valence-electron chi connectivity index (χ2n) is 7.52. The Labute approximate surface area is 185 Å². The van der Waals surface area contributed by atoms with Gasteiger partial charge in [-0.2, -0.15) is 0 Å². The number of aromatic hydroxyl groups is 1. The number of aryl methyl sites for hydroxylation is 2. The molecular formula is C25H24N4O3. The molecule has 32 heavy (non-hydrogen) atoms. The second kappa shape index (κ2) is 9.03. The zero-order valence-corrected chi connectivity index (χ0v) is 18.2. The third-order valence-electron chi connectivity index (χ3n) is 5.33. The number of phenolic OH excluding ortho intramolecular Hbond substituents is 1. The fraction of sp³-hybridized carbons (Fsp3) is 0.160. The van der Waals surface area contributed by atoms with Crippen molar-refractivity contribution in [3.8, 4) is 22.6 Å². The Morgan fingerprint density at radius 3 is 2.47 bits per heavy atom. The Morgan fingerprint density at radius 1 is 0.969 bits per heavy atom. The Hall–Kier alpha value is -3.97. The third kappa shape index (κ3) is 4.10. The normalized spacial score (nSPS) is 11.3. The number of ether oxygens (including phenoxy) is 1. The molecule has 0 saturated heterocycles. The predicted octanol–water partition coefficient (Wildman–Crippen LogP) is 5.72. The van der Waals surface area contributed by atoms with Gasteiger partial charge >= 0.3 is 0 Å². The van der Waals surface area contributed by atoms with Crippen LogP contribution in [0.3, 0.4) is 0 Å². The van der Waals surface area contributed by atoms with Crippen LogP contribution in [0.4, 0.5) is 11.4 Å². The summed E-state index contributed by atoms with van der Waals surface area (Å²) in [6.07, 6.45) is 0. The number of hydrogen-bond donors (Lipinski definition) is 2. The highest BCUT2D eigenvalue weighted by Gasteiger charge is 2.16. The lowest BCUT2D eigenvalue weighted by Crippen LogP contribution is -2.14. The van der Waals surface area contributed by atoms with E-state index in [2.05, 4.69) is 15.3 Å². The van der Waals surface area contributed by atoms with Crippen LogP contribution < -0.4 is 5.56 Å². The quantitative estimate of drug-likeness (QED) is 0.385. The molecule has 0 saturated carbocycles. The van der Waals surface area contributed by atoms with Gasteiger partial charge in [0.15, 0.2) is 11.4 Å². The fourth-order valence-corrected chi connectivity index (χ4v) is 3.43. The smallest absolute Gasteiger partial charge is 0.299 e. The van der Waals surface area contributed by atoms with E-state index in [1.54, 1.807) is 19.2 Å². The van der Waals surface area contributed by atoms with Crippen LogP contribution in [0.15, 0.2) is 81.8 Å². The summed E-state index contributed by atoms with van der Waals surface area (Å²) in [7, 11) is 1.54. The van der Waals surface area contributed by atoms with E-state index in [1.165, 1.54) is 4.68 Å². The molecule has 162 valence electrons. The highest BCUT2D eigenvalue weighted by atomic mass is 16.5. The highest BCUT2D eigenvalue weighted by Crippen LogP contribution is 2.37. The molecule has 7 heteroatoms. The predicted molar refractivity (Wildman–Crippen MR) is 124 cm³/mol. The van der Waals surface area contributed by atoms with Crippen LogP contribution in [0.25, 0.3) is 16.8 Å². The van der Waals surface area contributed by atoms with Crippen LogP contribution in [0.1, 0.15) is 16.8 Å². The minimum atomic E-state index is -0.345. The molecule has 0 aliphatic rings. The Morgan fingerprint density at radius 2 is 1.75 bits per heavy atom. The molecule has 4 aromatic rings. The molecule has 7 nitrogen and oxygen atoms in total. The lowest BCUT2D eigenvalue weighted by atomic mass is 10.0. The third-order valence-corrected chi connectivity index (χ3v) is 5.33. The van der Waals surface area contributed by atoms with Gasteiger partial charge in [-0.15, -0.1) is 10.2 Å². The maximum atomic E-state index is 13.1. The van der Waals surface area contributed by atoms with Gasteiger partial charge in [0.1, 0.15) is 5.69 Å². The lowest BCUT2D eigenvalue weighted by molar-refractivity contribution is 0.181. The molecule has 1 heterocycles. The number of H-pyrrole nitrogens is 1. The summed E-state index contributed by atoms with van der Waals surface area (Å²) in [5.41, 5.74) is 4.97. The Bertz CT molecular complexity index is 1340. The van der Waals surface area contributed by atoms with Crippen LogP contribution in [0, 0.1) is 13.8 Å². The van der Waals surface area contributed by atoms with Crippen molar-refractivity contribution in [3.63, 3.8) is 0 Å².